The van der Waals surface area contributed by atoms with E-state index in [9.17, 15) is 9.59 Å². The number of alkyl halides is 1. The molecule has 4 bridgehead atoms. The van der Waals surface area contributed by atoms with Crippen LogP contribution in [0.5, 0.6) is 0 Å². The van der Waals surface area contributed by atoms with Crippen LogP contribution in [0.2, 0.25) is 0 Å². The molecule has 0 saturated heterocycles. The highest BCUT2D eigenvalue weighted by atomic mass is 79.9. The molecule has 5 heteroatoms. The van der Waals surface area contributed by atoms with Crippen molar-refractivity contribution in [1.82, 2.24) is 5.32 Å². The van der Waals surface area contributed by atoms with Crippen LogP contribution in [0.1, 0.15) is 63.9 Å². The van der Waals surface area contributed by atoms with Crippen molar-refractivity contribution in [2.45, 2.75) is 75.1 Å². The van der Waals surface area contributed by atoms with Gasteiger partial charge in [0.25, 0.3) is 5.91 Å². The Morgan fingerprint density at radius 2 is 1.86 bits per heavy atom. The molecule has 0 heterocycles. The van der Waals surface area contributed by atoms with Crippen LogP contribution in [-0.4, -0.2) is 28.8 Å². The zero-order valence-corrected chi connectivity index (χ0v) is 18.9. The largest absolute Gasteiger partial charge is 0.456 e. The van der Waals surface area contributed by atoms with Crippen LogP contribution in [0.25, 0.3) is 0 Å². The van der Waals surface area contributed by atoms with Crippen molar-refractivity contribution < 1.29 is 14.3 Å². The number of halogens is 1. The molecule has 1 amide bonds. The number of rotatable bonds is 8. The zero-order chi connectivity index (χ0) is 20.5. The lowest BCUT2D eigenvalue weighted by atomic mass is 9.49. The van der Waals surface area contributed by atoms with E-state index < -0.39 is 0 Å². The molecular weight excluding hydrogens is 430 g/mol. The van der Waals surface area contributed by atoms with Gasteiger partial charge in [0.2, 0.25) is 0 Å². The summed E-state index contributed by atoms with van der Waals surface area (Å²) in [5.41, 5.74) is 1.35. The van der Waals surface area contributed by atoms with Gasteiger partial charge < -0.3 is 10.1 Å². The van der Waals surface area contributed by atoms with Crippen LogP contribution < -0.4 is 5.32 Å². The monoisotopic (exact) mass is 461 g/mol. The molecule has 3 atom stereocenters. The average Bonchev–Trinajstić information content (AvgIpc) is 2.63. The summed E-state index contributed by atoms with van der Waals surface area (Å²) < 4.78 is 5.61. The molecule has 4 aliphatic carbocycles. The maximum Gasteiger partial charge on any atom is 0.306 e. The number of carbonyl (C=O) groups excluding carboxylic acids is 2. The van der Waals surface area contributed by atoms with E-state index in [0.29, 0.717) is 6.42 Å². The van der Waals surface area contributed by atoms with Gasteiger partial charge in [-0.25, -0.2) is 0 Å². The van der Waals surface area contributed by atoms with Crippen LogP contribution in [0.3, 0.4) is 0 Å². The van der Waals surface area contributed by atoms with Crippen LogP contribution in [-0.2, 0) is 20.7 Å². The minimum atomic E-state index is -0.213. The predicted octanol–water partition coefficient (Wildman–Crippen LogP) is 4.79. The van der Waals surface area contributed by atoms with Gasteiger partial charge in [0, 0.05) is 10.4 Å². The van der Waals surface area contributed by atoms with Gasteiger partial charge in [0.15, 0.2) is 6.61 Å². The first kappa shape index (κ1) is 20.9. The molecule has 1 N–H and O–H groups in total. The van der Waals surface area contributed by atoms with E-state index in [4.69, 9.17) is 4.74 Å². The molecular formula is C24H32BrNO3. The van der Waals surface area contributed by atoms with Crippen molar-refractivity contribution in [2.75, 3.05) is 6.61 Å². The third kappa shape index (κ3) is 5.22. The zero-order valence-electron chi connectivity index (χ0n) is 17.3. The molecule has 1 aromatic carbocycles. The van der Waals surface area contributed by atoms with Crippen molar-refractivity contribution >= 4 is 27.8 Å². The summed E-state index contributed by atoms with van der Waals surface area (Å²) in [5, 5.41) is 2.95. The molecule has 0 spiro atoms. The average molecular weight is 462 g/mol. The summed E-state index contributed by atoms with van der Waals surface area (Å²) in [6.07, 6.45) is 9.45. The minimum absolute atomic E-state index is 0.0535. The first-order chi connectivity index (χ1) is 13.8. The standard InChI is InChI=1S/C24H32BrNO3/c1-17(7-8-18-5-3-2-4-6-18)26-21(27)15-29-22(28)14-23-10-19-9-20(11-23)13-24(25,12-19)16-23/h2-6,17,19-20H,7-16H2,1H3,(H,26,27)/t17-,19+,20+,23?,24?/m0/s1. The highest BCUT2D eigenvalue weighted by Crippen LogP contribution is 2.65. The molecule has 1 aromatic rings. The van der Waals surface area contributed by atoms with E-state index in [1.807, 2.05) is 25.1 Å². The van der Waals surface area contributed by atoms with Gasteiger partial charge in [-0.2, -0.15) is 0 Å². The molecule has 4 saturated carbocycles. The van der Waals surface area contributed by atoms with Crippen molar-refractivity contribution in [2.24, 2.45) is 17.3 Å². The fourth-order valence-electron chi connectivity index (χ4n) is 6.46. The predicted molar refractivity (Wildman–Crippen MR) is 117 cm³/mol. The first-order valence-corrected chi connectivity index (χ1v) is 11.8. The number of ether oxygens (including phenoxy) is 1. The molecule has 4 fully saturated rings. The van der Waals surface area contributed by atoms with Gasteiger partial charge in [-0.15, -0.1) is 0 Å². The maximum absolute atomic E-state index is 12.5. The minimum Gasteiger partial charge on any atom is -0.456 e. The Hall–Kier alpha value is -1.36. The summed E-state index contributed by atoms with van der Waals surface area (Å²) in [4.78, 5) is 24.7. The highest BCUT2D eigenvalue weighted by molar-refractivity contribution is 9.10. The van der Waals surface area contributed by atoms with Crippen molar-refractivity contribution in [3.63, 3.8) is 0 Å². The third-order valence-electron chi connectivity index (χ3n) is 7.11. The van der Waals surface area contributed by atoms with E-state index >= 15 is 0 Å². The smallest absolute Gasteiger partial charge is 0.306 e. The fraction of sp³-hybridized carbons (Fsp3) is 0.667. The van der Waals surface area contributed by atoms with Gasteiger partial charge in [-0.1, -0.05) is 46.3 Å². The molecule has 4 nitrogen and oxygen atoms in total. The van der Waals surface area contributed by atoms with Crippen LogP contribution >= 0.6 is 15.9 Å². The Labute approximate surface area is 182 Å². The second kappa shape index (κ2) is 8.41. The molecule has 4 aliphatic rings. The summed E-state index contributed by atoms with van der Waals surface area (Å²) >= 11 is 3.99. The number of hydrogen-bond acceptors (Lipinski definition) is 3. The summed E-state index contributed by atoms with van der Waals surface area (Å²) in [7, 11) is 0. The number of carbonyl (C=O) groups is 2. The van der Waals surface area contributed by atoms with Crippen molar-refractivity contribution in [3.8, 4) is 0 Å². The van der Waals surface area contributed by atoms with Gasteiger partial charge in [0.1, 0.15) is 0 Å². The number of esters is 1. The van der Waals surface area contributed by atoms with Gasteiger partial charge in [-0.05, 0) is 81.1 Å². The topological polar surface area (TPSA) is 55.4 Å². The number of hydrogen-bond donors (Lipinski definition) is 1. The second-order valence-electron chi connectivity index (χ2n) is 9.94. The highest BCUT2D eigenvalue weighted by Gasteiger charge is 2.57. The van der Waals surface area contributed by atoms with Gasteiger partial charge >= 0.3 is 5.97 Å². The van der Waals surface area contributed by atoms with E-state index in [1.165, 1.54) is 24.8 Å². The SMILES string of the molecule is C[C@@H](CCc1ccccc1)NC(=O)COC(=O)CC12C[C@H]3C[C@@H](CC(Br)(C3)C1)C2. The van der Waals surface area contributed by atoms with E-state index in [0.717, 1.165) is 43.9 Å². The Bertz CT molecular complexity index is 736. The van der Waals surface area contributed by atoms with Gasteiger partial charge in [0.05, 0.1) is 6.42 Å². The summed E-state index contributed by atoms with van der Waals surface area (Å²) in [5.74, 6) is 1.07. The Balaban J connectivity index is 1.19. The van der Waals surface area contributed by atoms with Crippen molar-refractivity contribution in [3.05, 3.63) is 35.9 Å². The molecule has 5 rings (SSSR count). The molecule has 29 heavy (non-hydrogen) atoms. The lowest BCUT2D eigenvalue weighted by molar-refractivity contribution is -0.154. The fourth-order valence-corrected chi connectivity index (χ4v) is 7.97. The van der Waals surface area contributed by atoms with E-state index in [1.54, 1.807) is 0 Å². The molecule has 158 valence electrons. The van der Waals surface area contributed by atoms with Crippen LogP contribution in [0.4, 0.5) is 0 Å². The Morgan fingerprint density at radius 1 is 1.17 bits per heavy atom. The Kier molecular flexibility index (Phi) is 6.06. The first-order valence-electron chi connectivity index (χ1n) is 11.0. The number of benzene rings is 1. The van der Waals surface area contributed by atoms with E-state index in [2.05, 4.69) is 33.4 Å². The normalized spacial score (nSPS) is 33.3. The van der Waals surface area contributed by atoms with Crippen LogP contribution in [0, 0.1) is 17.3 Å². The number of amides is 1. The molecule has 0 radical (unpaired) electrons. The molecule has 0 unspecified atom stereocenters. The quantitative estimate of drug-likeness (QED) is 0.447. The Morgan fingerprint density at radius 3 is 2.52 bits per heavy atom. The lowest BCUT2D eigenvalue weighted by Crippen LogP contribution is -2.53. The van der Waals surface area contributed by atoms with Crippen molar-refractivity contribution in [1.29, 1.82) is 0 Å². The second-order valence-corrected chi connectivity index (χ2v) is 11.6. The number of aryl methyl sites for hydroxylation is 1. The maximum atomic E-state index is 12.5. The van der Waals surface area contributed by atoms with E-state index in [-0.39, 0.29) is 34.3 Å². The van der Waals surface area contributed by atoms with Gasteiger partial charge in [-0.3, -0.25) is 9.59 Å². The third-order valence-corrected chi connectivity index (χ3v) is 8.04. The number of nitrogens with one attached hydrogen (secondary N) is 1. The van der Waals surface area contributed by atoms with Crippen LogP contribution in [0.15, 0.2) is 30.3 Å². The molecule has 0 aliphatic heterocycles. The summed E-state index contributed by atoms with van der Waals surface area (Å²) in [6.45, 7) is 1.82. The molecule has 0 aromatic heterocycles. The lowest BCUT2D eigenvalue weighted by Gasteiger charge is -2.60. The summed E-state index contributed by atoms with van der Waals surface area (Å²) in [6, 6.07) is 10.3.